The zero-order valence-electron chi connectivity index (χ0n) is 16.7. The molecule has 4 rings (SSSR count). The third-order valence-corrected chi connectivity index (χ3v) is 5.78. The van der Waals surface area contributed by atoms with Crippen LogP contribution in [0, 0.1) is 0 Å². The number of unbranched alkanes of at least 4 members (excludes halogenated alkanes) is 1. The maximum absolute atomic E-state index is 11.2. The van der Waals surface area contributed by atoms with Crippen LogP contribution in [0.2, 0.25) is 0 Å². The molecule has 7 heteroatoms. The molecule has 1 aliphatic heterocycles. The number of pyridine rings is 1. The number of aromatic carboxylic acids is 1. The number of rotatable bonds is 7. The Balaban J connectivity index is 1.76. The minimum atomic E-state index is -0.930. The SMILES string of the molecule is CCCCN1C(=S)N[C@H](c2ccccn2)[C@H]1c1cccn1-c1ccc(C(=O)O)cc1. The van der Waals surface area contributed by atoms with Gasteiger partial charge in [0.1, 0.15) is 0 Å². The first-order chi connectivity index (χ1) is 14.6. The van der Waals surface area contributed by atoms with Crippen LogP contribution in [-0.2, 0) is 0 Å². The van der Waals surface area contributed by atoms with E-state index in [9.17, 15) is 9.90 Å². The van der Waals surface area contributed by atoms with E-state index in [1.54, 1.807) is 18.3 Å². The Bertz CT molecular complexity index is 1030. The van der Waals surface area contributed by atoms with Gasteiger partial charge in [-0.25, -0.2) is 4.79 Å². The summed E-state index contributed by atoms with van der Waals surface area (Å²) in [5, 5.41) is 13.4. The molecule has 0 spiro atoms. The number of aromatic nitrogens is 2. The van der Waals surface area contributed by atoms with E-state index in [0.717, 1.165) is 41.6 Å². The molecule has 2 N–H and O–H groups in total. The number of benzene rings is 1. The van der Waals surface area contributed by atoms with Crippen molar-refractivity contribution in [3.05, 3.63) is 83.9 Å². The van der Waals surface area contributed by atoms with Crippen LogP contribution in [-0.4, -0.2) is 37.2 Å². The summed E-state index contributed by atoms with van der Waals surface area (Å²) < 4.78 is 2.10. The summed E-state index contributed by atoms with van der Waals surface area (Å²) >= 11 is 5.70. The predicted molar refractivity (Wildman–Crippen MR) is 120 cm³/mol. The highest BCUT2D eigenvalue weighted by atomic mass is 32.1. The number of nitrogens with zero attached hydrogens (tertiary/aromatic N) is 3. The smallest absolute Gasteiger partial charge is 0.335 e. The van der Waals surface area contributed by atoms with E-state index in [1.807, 2.05) is 42.6 Å². The highest BCUT2D eigenvalue weighted by Gasteiger charge is 2.40. The normalized spacial score (nSPS) is 18.4. The van der Waals surface area contributed by atoms with Gasteiger partial charge in [-0.2, -0.15) is 0 Å². The maximum Gasteiger partial charge on any atom is 0.335 e. The number of nitrogens with one attached hydrogen (secondary N) is 1. The summed E-state index contributed by atoms with van der Waals surface area (Å²) in [6.07, 6.45) is 5.93. The zero-order valence-corrected chi connectivity index (χ0v) is 17.5. The molecule has 0 unspecified atom stereocenters. The minimum Gasteiger partial charge on any atom is -0.478 e. The zero-order chi connectivity index (χ0) is 21.1. The molecular weight excluding hydrogens is 396 g/mol. The third kappa shape index (κ3) is 3.80. The molecule has 30 heavy (non-hydrogen) atoms. The van der Waals surface area contributed by atoms with Gasteiger partial charge < -0.3 is 19.9 Å². The lowest BCUT2D eigenvalue weighted by molar-refractivity contribution is 0.0697. The summed E-state index contributed by atoms with van der Waals surface area (Å²) in [7, 11) is 0. The molecule has 1 aromatic carbocycles. The number of carboxylic acid groups (broad SMARTS) is 1. The van der Waals surface area contributed by atoms with Gasteiger partial charge in [0.2, 0.25) is 0 Å². The van der Waals surface area contributed by atoms with E-state index in [-0.39, 0.29) is 17.6 Å². The Labute approximate surface area is 181 Å². The third-order valence-electron chi connectivity index (χ3n) is 5.43. The molecule has 0 bridgehead atoms. The lowest BCUT2D eigenvalue weighted by Gasteiger charge is -2.29. The van der Waals surface area contributed by atoms with Crippen LogP contribution in [0.4, 0.5) is 0 Å². The van der Waals surface area contributed by atoms with Gasteiger partial charge in [-0.15, -0.1) is 0 Å². The summed E-state index contributed by atoms with van der Waals surface area (Å²) in [4.78, 5) is 18.0. The monoisotopic (exact) mass is 420 g/mol. The van der Waals surface area contributed by atoms with Gasteiger partial charge in [0.15, 0.2) is 5.11 Å². The van der Waals surface area contributed by atoms with Crippen molar-refractivity contribution in [1.29, 1.82) is 0 Å². The van der Waals surface area contributed by atoms with Crippen LogP contribution in [0.1, 0.15) is 53.6 Å². The molecule has 1 saturated heterocycles. The van der Waals surface area contributed by atoms with Crippen molar-refractivity contribution in [2.24, 2.45) is 0 Å². The van der Waals surface area contributed by atoms with Gasteiger partial charge in [0, 0.05) is 30.3 Å². The molecule has 1 fully saturated rings. The van der Waals surface area contributed by atoms with Crippen molar-refractivity contribution in [3.8, 4) is 5.69 Å². The predicted octanol–water partition coefficient (Wildman–Crippen LogP) is 4.34. The fourth-order valence-corrected chi connectivity index (χ4v) is 4.26. The van der Waals surface area contributed by atoms with Gasteiger partial charge in [-0.05, 0) is 67.2 Å². The second-order valence-electron chi connectivity index (χ2n) is 7.33. The average Bonchev–Trinajstić information content (AvgIpc) is 3.37. The first-order valence-electron chi connectivity index (χ1n) is 10.1. The van der Waals surface area contributed by atoms with Gasteiger partial charge in [0.25, 0.3) is 0 Å². The van der Waals surface area contributed by atoms with Crippen LogP contribution >= 0.6 is 12.2 Å². The average molecular weight is 421 g/mol. The number of thiocarbonyl (C=S) groups is 1. The minimum absolute atomic E-state index is 0.0203. The highest BCUT2D eigenvalue weighted by molar-refractivity contribution is 7.80. The van der Waals surface area contributed by atoms with E-state index in [1.165, 1.54) is 0 Å². The van der Waals surface area contributed by atoms with Crippen molar-refractivity contribution in [2.45, 2.75) is 31.8 Å². The highest BCUT2D eigenvalue weighted by Crippen LogP contribution is 2.39. The van der Waals surface area contributed by atoms with Crippen molar-refractivity contribution in [3.63, 3.8) is 0 Å². The summed E-state index contributed by atoms with van der Waals surface area (Å²) in [6.45, 7) is 3.03. The van der Waals surface area contributed by atoms with Crippen molar-refractivity contribution in [2.75, 3.05) is 6.54 Å². The van der Waals surface area contributed by atoms with E-state index in [0.29, 0.717) is 0 Å². The molecule has 2 atom stereocenters. The largest absolute Gasteiger partial charge is 0.478 e. The van der Waals surface area contributed by atoms with Gasteiger partial charge in [-0.1, -0.05) is 19.4 Å². The summed E-state index contributed by atoms with van der Waals surface area (Å²) in [6, 6.07) is 16.9. The number of carbonyl (C=O) groups is 1. The van der Waals surface area contributed by atoms with E-state index < -0.39 is 5.97 Å². The topological polar surface area (TPSA) is 70.4 Å². The molecule has 1 aliphatic rings. The van der Waals surface area contributed by atoms with Gasteiger partial charge in [0.05, 0.1) is 23.3 Å². The summed E-state index contributed by atoms with van der Waals surface area (Å²) in [5.41, 5.74) is 3.20. The molecule has 0 radical (unpaired) electrons. The Hall–Kier alpha value is -3.19. The summed E-state index contributed by atoms with van der Waals surface area (Å²) in [5.74, 6) is -0.930. The fraction of sp³-hybridized carbons (Fsp3) is 0.261. The molecule has 2 aromatic heterocycles. The first-order valence-corrected chi connectivity index (χ1v) is 10.5. The quantitative estimate of drug-likeness (QED) is 0.554. The first kappa shape index (κ1) is 20.1. The van der Waals surface area contributed by atoms with Crippen LogP contribution in [0.25, 0.3) is 5.69 Å². The Morgan fingerprint density at radius 3 is 2.63 bits per heavy atom. The van der Waals surface area contributed by atoms with E-state index in [2.05, 4.69) is 32.8 Å². The van der Waals surface area contributed by atoms with Gasteiger partial charge >= 0.3 is 5.97 Å². The van der Waals surface area contributed by atoms with Crippen LogP contribution in [0.3, 0.4) is 0 Å². The molecule has 0 aliphatic carbocycles. The standard InChI is InChI=1S/C23H24N4O2S/c1-2-3-14-27-21(20(25-23(27)30)18-7-4-5-13-24-18)19-8-6-15-26(19)17-11-9-16(10-12-17)22(28)29/h4-13,15,20-21H,2-3,14H2,1H3,(H,25,30)(H,28,29)/t20-,21-/m1/s1. The van der Waals surface area contributed by atoms with E-state index >= 15 is 0 Å². The fourth-order valence-electron chi connectivity index (χ4n) is 3.93. The second kappa shape index (κ2) is 8.67. The Morgan fingerprint density at radius 2 is 1.97 bits per heavy atom. The lowest BCUT2D eigenvalue weighted by atomic mass is 10.0. The molecule has 154 valence electrons. The van der Waals surface area contributed by atoms with Crippen molar-refractivity contribution in [1.82, 2.24) is 19.8 Å². The van der Waals surface area contributed by atoms with E-state index in [4.69, 9.17) is 12.2 Å². The van der Waals surface area contributed by atoms with Gasteiger partial charge in [-0.3, -0.25) is 4.98 Å². The van der Waals surface area contributed by atoms with Crippen molar-refractivity contribution < 1.29 is 9.90 Å². The molecule has 6 nitrogen and oxygen atoms in total. The molecular formula is C23H24N4O2S. The number of hydrogen-bond donors (Lipinski definition) is 2. The number of carboxylic acids is 1. The van der Waals surface area contributed by atoms with Crippen LogP contribution < -0.4 is 5.32 Å². The van der Waals surface area contributed by atoms with Crippen LogP contribution in [0.5, 0.6) is 0 Å². The van der Waals surface area contributed by atoms with Crippen LogP contribution in [0.15, 0.2) is 67.0 Å². The Morgan fingerprint density at radius 1 is 1.17 bits per heavy atom. The number of hydrogen-bond acceptors (Lipinski definition) is 3. The second-order valence-corrected chi connectivity index (χ2v) is 7.72. The lowest BCUT2D eigenvalue weighted by Crippen LogP contribution is -2.31. The molecule has 3 aromatic rings. The molecule has 0 amide bonds. The maximum atomic E-state index is 11.2. The molecule has 0 saturated carbocycles. The molecule has 3 heterocycles. The van der Waals surface area contributed by atoms with Crippen molar-refractivity contribution >= 4 is 23.3 Å². The Kier molecular flexibility index (Phi) is 5.81.